The van der Waals surface area contributed by atoms with E-state index in [2.05, 4.69) is 5.32 Å². The molecule has 0 atom stereocenters. The third-order valence-electron chi connectivity index (χ3n) is 5.01. The van der Waals surface area contributed by atoms with Gasteiger partial charge in [0.2, 0.25) is 0 Å². The molecule has 0 aliphatic rings. The zero-order valence-corrected chi connectivity index (χ0v) is 21.7. The van der Waals surface area contributed by atoms with Crippen molar-refractivity contribution in [3.63, 3.8) is 0 Å². The lowest BCUT2D eigenvalue weighted by Gasteiger charge is -2.10. The van der Waals surface area contributed by atoms with Crippen LogP contribution in [0.4, 0.5) is 10.7 Å². The molecule has 0 aliphatic heterocycles. The number of thiophene rings is 1. The topological polar surface area (TPSA) is 147 Å². The van der Waals surface area contributed by atoms with E-state index in [1.54, 1.807) is 40.7 Å². The summed E-state index contributed by atoms with van der Waals surface area (Å²) in [5.74, 6) is -1.25. The molecule has 1 aromatic carbocycles. The molecule has 3 aromatic rings. The number of hydrogen-bond acceptors (Lipinski definition) is 10. The highest BCUT2D eigenvalue weighted by Gasteiger charge is 2.28. The summed E-state index contributed by atoms with van der Waals surface area (Å²) in [6, 6.07) is 7.34. The van der Waals surface area contributed by atoms with Gasteiger partial charge < -0.3 is 23.9 Å². The van der Waals surface area contributed by atoms with E-state index in [1.807, 2.05) is 0 Å². The van der Waals surface area contributed by atoms with E-state index >= 15 is 0 Å². The number of ether oxygens (including phenoxy) is 3. The summed E-state index contributed by atoms with van der Waals surface area (Å²) < 4.78 is 21.5. The number of furan rings is 1. The average Bonchev–Trinajstić information content (AvgIpc) is 3.41. The zero-order chi connectivity index (χ0) is 27.3. The van der Waals surface area contributed by atoms with Gasteiger partial charge in [-0.15, -0.1) is 11.3 Å². The molecule has 37 heavy (non-hydrogen) atoms. The van der Waals surface area contributed by atoms with Crippen molar-refractivity contribution >= 4 is 39.9 Å². The lowest BCUT2D eigenvalue weighted by atomic mass is 10.1. The highest BCUT2D eigenvalue weighted by Crippen LogP contribution is 2.35. The SMILES string of the molecule is CCOC(=O)c1sc(NC(=O)c2ccc(COc3ccc([N+](=O)[O-])c(C)c3)o2)c(C(=O)OC(C)C)c1C. The Morgan fingerprint density at radius 3 is 2.49 bits per heavy atom. The molecule has 0 radical (unpaired) electrons. The lowest BCUT2D eigenvalue weighted by molar-refractivity contribution is -0.385. The number of nitrogens with one attached hydrogen (secondary N) is 1. The predicted octanol–water partition coefficient (Wildman–Crippen LogP) is 5.44. The Morgan fingerprint density at radius 1 is 1.14 bits per heavy atom. The molecule has 2 aromatic heterocycles. The Kier molecular flexibility index (Phi) is 8.66. The van der Waals surface area contributed by atoms with Crippen molar-refractivity contribution in [1.29, 1.82) is 0 Å². The number of nitro groups is 1. The first-order valence-electron chi connectivity index (χ1n) is 11.3. The maximum atomic E-state index is 12.9. The molecule has 0 bridgehead atoms. The number of carbonyl (C=O) groups excluding carboxylic acids is 3. The Hall–Kier alpha value is -4.19. The zero-order valence-electron chi connectivity index (χ0n) is 20.9. The Balaban J connectivity index is 1.76. The van der Waals surface area contributed by atoms with Crippen LogP contribution in [0.1, 0.15) is 68.2 Å². The second-order valence-electron chi connectivity index (χ2n) is 8.15. The van der Waals surface area contributed by atoms with Crippen LogP contribution in [-0.4, -0.2) is 35.5 Å². The molecule has 11 nitrogen and oxygen atoms in total. The molecule has 1 amide bonds. The van der Waals surface area contributed by atoms with Crippen molar-refractivity contribution < 1.29 is 37.9 Å². The van der Waals surface area contributed by atoms with Gasteiger partial charge in [0.25, 0.3) is 11.6 Å². The summed E-state index contributed by atoms with van der Waals surface area (Å²) in [6.07, 6.45) is -0.409. The molecule has 0 saturated carbocycles. The molecule has 0 spiro atoms. The first kappa shape index (κ1) is 27.4. The lowest BCUT2D eigenvalue weighted by Crippen LogP contribution is -2.16. The number of carbonyl (C=O) groups is 3. The number of nitrogens with zero attached hydrogens (tertiary/aromatic N) is 1. The largest absolute Gasteiger partial charge is 0.486 e. The second-order valence-corrected chi connectivity index (χ2v) is 9.17. The number of amides is 1. The minimum atomic E-state index is -0.679. The standard InChI is InChI=1S/C25H26N2O9S/c1-6-33-25(30)21-15(5)20(24(29)35-13(2)3)23(37-21)26-22(28)19-10-8-17(36-19)12-34-16-7-9-18(27(31)32)14(4)11-16/h7-11,13H,6,12H2,1-5H3,(H,26,28). The van der Waals surface area contributed by atoms with E-state index in [9.17, 15) is 24.5 Å². The molecule has 3 rings (SSSR count). The van der Waals surface area contributed by atoms with Gasteiger partial charge in [0.15, 0.2) is 5.76 Å². The number of nitro benzene ring substituents is 1. The van der Waals surface area contributed by atoms with Gasteiger partial charge >= 0.3 is 11.9 Å². The highest BCUT2D eigenvalue weighted by atomic mass is 32.1. The van der Waals surface area contributed by atoms with Gasteiger partial charge in [0.05, 0.1) is 23.2 Å². The fourth-order valence-corrected chi connectivity index (χ4v) is 4.41. The van der Waals surface area contributed by atoms with Crippen molar-refractivity contribution in [2.24, 2.45) is 0 Å². The van der Waals surface area contributed by atoms with Crippen LogP contribution in [0.5, 0.6) is 5.75 Å². The first-order chi connectivity index (χ1) is 17.5. The normalized spacial score (nSPS) is 10.8. The van der Waals surface area contributed by atoms with Crippen LogP contribution in [0.2, 0.25) is 0 Å². The van der Waals surface area contributed by atoms with Gasteiger partial charge in [-0.1, -0.05) is 0 Å². The number of esters is 2. The molecule has 12 heteroatoms. The second kappa shape index (κ2) is 11.7. The molecule has 0 saturated heterocycles. The van der Waals surface area contributed by atoms with Crippen LogP contribution in [0.15, 0.2) is 34.7 Å². The maximum Gasteiger partial charge on any atom is 0.348 e. The molecule has 2 heterocycles. The van der Waals surface area contributed by atoms with E-state index < -0.39 is 28.9 Å². The number of anilines is 1. The predicted molar refractivity (Wildman–Crippen MR) is 134 cm³/mol. The fourth-order valence-electron chi connectivity index (χ4n) is 3.33. The molecule has 0 fully saturated rings. The van der Waals surface area contributed by atoms with Crippen molar-refractivity contribution in [1.82, 2.24) is 0 Å². The van der Waals surface area contributed by atoms with Crippen LogP contribution in [0.3, 0.4) is 0 Å². The summed E-state index contributed by atoms with van der Waals surface area (Å²) in [7, 11) is 0. The Morgan fingerprint density at radius 2 is 1.86 bits per heavy atom. The summed E-state index contributed by atoms with van der Waals surface area (Å²) in [5, 5.41) is 13.7. The molecule has 0 aliphatic carbocycles. The third kappa shape index (κ3) is 6.53. The number of benzene rings is 1. The van der Waals surface area contributed by atoms with Gasteiger partial charge in [-0.05, 0) is 64.4 Å². The van der Waals surface area contributed by atoms with Crippen molar-refractivity contribution in [2.45, 2.75) is 47.3 Å². The van der Waals surface area contributed by atoms with Gasteiger partial charge in [0.1, 0.15) is 28.0 Å². The highest BCUT2D eigenvalue weighted by molar-refractivity contribution is 7.18. The van der Waals surface area contributed by atoms with Crippen molar-refractivity contribution in [3.8, 4) is 5.75 Å². The average molecular weight is 531 g/mol. The van der Waals surface area contributed by atoms with E-state index in [0.717, 1.165) is 11.3 Å². The van der Waals surface area contributed by atoms with Gasteiger partial charge in [-0.2, -0.15) is 0 Å². The first-order valence-corrected chi connectivity index (χ1v) is 12.1. The quantitative estimate of drug-likeness (QED) is 0.205. The maximum absolute atomic E-state index is 12.9. The summed E-state index contributed by atoms with van der Waals surface area (Å²) in [6.45, 7) is 8.35. The van der Waals surface area contributed by atoms with Crippen LogP contribution in [0, 0.1) is 24.0 Å². The fraction of sp³-hybridized carbons (Fsp3) is 0.320. The van der Waals surface area contributed by atoms with E-state index in [4.69, 9.17) is 18.6 Å². The van der Waals surface area contributed by atoms with Crippen LogP contribution < -0.4 is 10.1 Å². The van der Waals surface area contributed by atoms with E-state index in [1.165, 1.54) is 24.3 Å². The van der Waals surface area contributed by atoms with Crippen molar-refractivity contribution in [2.75, 3.05) is 11.9 Å². The Labute approximate surface area is 216 Å². The number of rotatable bonds is 10. The van der Waals surface area contributed by atoms with Gasteiger partial charge in [0, 0.05) is 11.6 Å². The van der Waals surface area contributed by atoms with Crippen molar-refractivity contribution in [3.05, 3.63) is 73.5 Å². The van der Waals surface area contributed by atoms with E-state index in [-0.39, 0.29) is 40.1 Å². The monoisotopic (exact) mass is 530 g/mol. The van der Waals surface area contributed by atoms with Crippen LogP contribution in [0.25, 0.3) is 0 Å². The molecule has 0 unspecified atom stereocenters. The third-order valence-corrected chi connectivity index (χ3v) is 6.20. The van der Waals surface area contributed by atoms with E-state index in [0.29, 0.717) is 22.6 Å². The minimum Gasteiger partial charge on any atom is -0.486 e. The summed E-state index contributed by atoms with van der Waals surface area (Å²) in [5.41, 5.74) is 0.841. The number of aryl methyl sites for hydroxylation is 1. The number of hydrogen-bond donors (Lipinski definition) is 1. The van der Waals surface area contributed by atoms with Gasteiger partial charge in [-0.25, -0.2) is 9.59 Å². The summed E-state index contributed by atoms with van der Waals surface area (Å²) in [4.78, 5) is 48.6. The molecular weight excluding hydrogens is 504 g/mol. The van der Waals surface area contributed by atoms with Gasteiger partial charge in [-0.3, -0.25) is 14.9 Å². The summed E-state index contributed by atoms with van der Waals surface area (Å²) >= 11 is 0.910. The minimum absolute atomic E-state index is 0.0177. The Bertz CT molecular complexity index is 1340. The smallest absolute Gasteiger partial charge is 0.348 e. The van der Waals surface area contributed by atoms with Crippen LogP contribution in [-0.2, 0) is 16.1 Å². The molecular formula is C25H26N2O9S. The van der Waals surface area contributed by atoms with Crippen LogP contribution >= 0.6 is 11.3 Å². The molecule has 196 valence electrons. The molecule has 1 N–H and O–H groups in total.